The second-order valence-electron chi connectivity index (χ2n) is 7.64. The van der Waals surface area contributed by atoms with Gasteiger partial charge < -0.3 is 10.1 Å². The molecular weight excluding hydrogens is 336 g/mol. The minimum absolute atomic E-state index is 0.0808. The number of ether oxygens (including phenoxy) is 1. The molecule has 0 radical (unpaired) electrons. The number of carbonyl (C=O) groups is 1. The first-order chi connectivity index (χ1) is 13.3. The molecule has 4 rings (SSSR count). The minimum atomic E-state index is -0.117. The van der Waals surface area contributed by atoms with Crippen LogP contribution in [0, 0.1) is 5.92 Å². The van der Waals surface area contributed by atoms with Gasteiger partial charge in [0.2, 0.25) is 5.91 Å². The number of likely N-dealkylation sites (tertiary alicyclic amines) is 1. The minimum Gasteiger partial charge on any atom is -0.492 e. The summed E-state index contributed by atoms with van der Waals surface area (Å²) in [5.41, 5.74) is 3.66. The number of amides is 1. The third-order valence-corrected chi connectivity index (χ3v) is 5.66. The number of carbonyl (C=O) groups excluding carboxylic acids is 1. The van der Waals surface area contributed by atoms with Gasteiger partial charge in [-0.05, 0) is 55.1 Å². The largest absolute Gasteiger partial charge is 0.492 e. The Hall–Kier alpha value is -2.33. The fourth-order valence-corrected chi connectivity index (χ4v) is 4.07. The maximum Gasteiger partial charge on any atom is 0.227 e. The summed E-state index contributed by atoms with van der Waals surface area (Å²) in [5, 5.41) is 3.14. The quantitative estimate of drug-likeness (QED) is 0.882. The van der Waals surface area contributed by atoms with Gasteiger partial charge in [0, 0.05) is 13.1 Å². The lowest BCUT2D eigenvalue weighted by atomic mass is 9.96. The smallest absolute Gasteiger partial charge is 0.227 e. The topological polar surface area (TPSA) is 41.6 Å². The molecule has 1 atom stereocenters. The van der Waals surface area contributed by atoms with Gasteiger partial charge in [-0.2, -0.15) is 0 Å². The highest BCUT2D eigenvalue weighted by atomic mass is 16.5. The first kappa shape index (κ1) is 18.1. The van der Waals surface area contributed by atoms with Crippen molar-refractivity contribution in [3.8, 4) is 5.75 Å². The fraction of sp³-hybridized carbons (Fsp3) is 0.435. The van der Waals surface area contributed by atoms with Gasteiger partial charge in [0.05, 0.1) is 5.92 Å². The Balaban J connectivity index is 1.35. The van der Waals surface area contributed by atoms with Crippen molar-refractivity contribution >= 4 is 5.91 Å². The standard InChI is InChI=1S/C23H28N2O2/c26-23(21-14-18-8-4-5-11-22(18)27-17-21)24-15-19-9-2-3-10-20(19)16-25-12-6-1-7-13-25/h2-5,8-11,21H,1,6-7,12-17H2,(H,24,26). The zero-order valence-corrected chi connectivity index (χ0v) is 15.8. The van der Waals surface area contributed by atoms with E-state index in [0.29, 0.717) is 13.2 Å². The summed E-state index contributed by atoms with van der Waals surface area (Å²) in [5.74, 6) is 0.875. The lowest BCUT2D eigenvalue weighted by Gasteiger charge is -2.27. The van der Waals surface area contributed by atoms with Crippen molar-refractivity contribution in [1.82, 2.24) is 10.2 Å². The molecule has 0 aromatic heterocycles. The Labute approximate surface area is 161 Å². The number of hydrogen-bond acceptors (Lipinski definition) is 3. The highest BCUT2D eigenvalue weighted by Crippen LogP contribution is 2.27. The maximum atomic E-state index is 12.7. The van der Waals surface area contributed by atoms with E-state index < -0.39 is 0 Å². The van der Waals surface area contributed by atoms with Crippen molar-refractivity contribution < 1.29 is 9.53 Å². The number of hydrogen-bond donors (Lipinski definition) is 1. The van der Waals surface area contributed by atoms with Gasteiger partial charge in [0.25, 0.3) is 0 Å². The molecule has 0 bridgehead atoms. The Bertz CT molecular complexity index is 783. The summed E-state index contributed by atoms with van der Waals surface area (Å²) in [6.45, 7) is 4.38. The van der Waals surface area contributed by atoms with Gasteiger partial charge in [0.1, 0.15) is 12.4 Å². The maximum absolute atomic E-state index is 12.7. The van der Waals surface area contributed by atoms with Crippen LogP contribution >= 0.6 is 0 Å². The zero-order valence-electron chi connectivity index (χ0n) is 15.8. The van der Waals surface area contributed by atoms with E-state index in [0.717, 1.165) is 24.3 Å². The summed E-state index contributed by atoms with van der Waals surface area (Å²) in [4.78, 5) is 15.2. The lowest BCUT2D eigenvalue weighted by molar-refractivity contribution is -0.126. The van der Waals surface area contributed by atoms with Crippen LogP contribution in [0.25, 0.3) is 0 Å². The lowest BCUT2D eigenvalue weighted by Crippen LogP contribution is -2.37. The number of piperidine rings is 1. The van der Waals surface area contributed by atoms with Gasteiger partial charge in [-0.15, -0.1) is 0 Å². The van der Waals surface area contributed by atoms with Crippen molar-refractivity contribution in [3.63, 3.8) is 0 Å². The van der Waals surface area contributed by atoms with Crippen LogP contribution in [0.4, 0.5) is 0 Å². The molecule has 2 heterocycles. The molecule has 2 aromatic rings. The van der Waals surface area contributed by atoms with Crippen molar-refractivity contribution in [2.45, 2.75) is 38.8 Å². The molecular formula is C23H28N2O2. The number of nitrogens with zero attached hydrogens (tertiary/aromatic N) is 1. The van der Waals surface area contributed by atoms with Crippen molar-refractivity contribution in [1.29, 1.82) is 0 Å². The molecule has 4 nitrogen and oxygen atoms in total. The molecule has 4 heteroatoms. The third-order valence-electron chi connectivity index (χ3n) is 5.66. The van der Waals surface area contributed by atoms with Crippen LogP contribution in [-0.2, 0) is 24.3 Å². The molecule has 27 heavy (non-hydrogen) atoms. The van der Waals surface area contributed by atoms with Gasteiger partial charge in [0.15, 0.2) is 0 Å². The van der Waals surface area contributed by atoms with E-state index in [-0.39, 0.29) is 11.8 Å². The highest BCUT2D eigenvalue weighted by molar-refractivity contribution is 5.79. The molecule has 1 amide bonds. The number of para-hydroxylation sites is 1. The molecule has 1 unspecified atom stereocenters. The predicted octanol–water partition coefficient (Wildman–Crippen LogP) is 3.54. The molecule has 0 spiro atoms. The molecule has 2 aromatic carbocycles. The molecule has 1 fully saturated rings. The second kappa shape index (κ2) is 8.57. The molecule has 0 saturated carbocycles. The van der Waals surface area contributed by atoms with E-state index in [4.69, 9.17) is 4.74 Å². The first-order valence-electron chi connectivity index (χ1n) is 10.1. The summed E-state index contributed by atoms with van der Waals surface area (Å²) >= 11 is 0. The van der Waals surface area contributed by atoms with Crippen LogP contribution in [0.1, 0.15) is 36.0 Å². The zero-order chi connectivity index (χ0) is 18.5. The molecule has 2 aliphatic rings. The van der Waals surface area contributed by atoms with E-state index in [2.05, 4.69) is 34.5 Å². The van der Waals surface area contributed by atoms with Crippen LogP contribution in [0.3, 0.4) is 0 Å². The Morgan fingerprint density at radius 3 is 2.59 bits per heavy atom. The van der Waals surface area contributed by atoms with E-state index in [1.165, 1.54) is 43.5 Å². The average molecular weight is 364 g/mol. The second-order valence-corrected chi connectivity index (χ2v) is 7.64. The van der Waals surface area contributed by atoms with Gasteiger partial charge in [-0.1, -0.05) is 48.9 Å². The number of fused-ring (bicyclic) bond motifs is 1. The van der Waals surface area contributed by atoms with Crippen LogP contribution in [0.2, 0.25) is 0 Å². The number of nitrogens with one attached hydrogen (secondary N) is 1. The molecule has 1 saturated heterocycles. The summed E-state index contributed by atoms with van der Waals surface area (Å²) in [7, 11) is 0. The molecule has 1 N–H and O–H groups in total. The summed E-state index contributed by atoms with van der Waals surface area (Å²) in [6.07, 6.45) is 4.68. The number of benzene rings is 2. The summed E-state index contributed by atoms with van der Waals surface area (Å²) in [6, 6.07) is 16.5. The normalized spacial score (nSPS) is 19.8. The monoisotopic (exact) mass is 364 g/mol. The fourth-order valence-electron chi connectivity index (χ4n) is 4.07. The average Bonchev–Trinajstić information content (AvgIpc) is 2.73. The SMILES string of the molecule is O=C(NCc1ccccc1CN1CCCCC1)C1COc2ccccc2C1. The van der Waals surface area contributed by atoms with Crippen LogP contribution in [0.15, 0.2) is 48.5 Å². The number of rotatable bonds is 5. The van der Waals surface area contributed by atoms with Crippen LogP contribution < -0.4 is 10.1 Å². The third kappa shape index (κ3) is 4.51. The summed E-state index contributed by atoms with van der Waals surface area (Å²) < 4.78 is 5.77. The first-order valence-corrected chi connectivity index (χ1v) is 10.1. The van der Waals surface area contributed by atoms with Gasteiger partial charge >= 0.3 is 0 Å². The van der Waals surface area contributed by atoms with Crippen molar-refractivity contribution in [2.75, 3.05) is 19.7 Å². The van der Waals surface area contributed by atoms with Crippen molar-refractivity contribution in [3.05, 3.63) is 65.2 Å². The van der Waals surface area contributed by atoms with Crippen LogP contribution in [0.5, 0.6) is 5.75 Å². The predicted molar refractivity (Wildman–Crippen MR) is 107 cm³/mol. The van der Waals surface area contributed by atoms with E-state index in [9.17, 15) is 4.79 Å². The molecule has 2 aliphatic heterocycles. The molecule has 142 valence electrons. The Kier molecular flexibility index (Phi) is 5.73. The van der Waals surface area contributed by atoms with Gasteiger partial charge in [-0.25, -0.2) is 0 Å². The Morgan fingerprint density at radius 1 is 1.00 bits per heavy atom. The van der Waals surface area contributed by atoms with E-state index in [1.54, 1.807) is 0 Å². The van der Waals surface area contributed by atoms with Crippen LogP contribution in [-0.4, -0.2) is 30.5 Å². The van der Waals surface area contributed by atoms with E-state index in [1.807, 2.05) is 24.3 Å². The van der Waals surface area contributed by atoms with E-state index >= 15 is 0 Å². The van der Waals surface area contributed by atoms with Crippen molar-refractivity contribution in [2.24, 2.45) is 5.92 Å². The Morgan fingerprint density at radius 2 is 1.74 bits per heavy atom. The molecule has 0 aliphatic carbocycles. The highest BCUT2D eigenvalue weighted by Gasteiger charge is 2.25. The van der Waals surface area contributed by atoms with Gasteiger partial charge in [-0.3, -0.25) is 9.69 Å².